The van der Waals surface area contributed by atoms with Gasteiger partial charge in [0.05, 0.1) is 27.7 Å². The van der Waals surface area contributed by atoms with Crippen LogP contribution in [0.2, 0.25) is 0 Å². The Morgan fingerprint density at radius 2 is 0.540 bits per heavy atom. The summed E-state index contributed by atoms with van der Waals surface area (Å²) in [4.78, 5) is 36.0. The van der Waals surface area contributed by atoms with Crippen LogP contribution in [-0.4, -0.2) is 74.9 Å². The first-order chi connectivity index (χ1) is 49.0. The van der Waals surface area contributed by atoms with Crippen molar-refractivity contribution in [1.29, 1.82) is 0 Å². The fourth-order valence-corrected chi connectivity index (χ4v) is 11.8. The highest BCUT2D eigenvalue weighted by atomic mass is 31.2. The Kier molecular flexibility index (Phi) is 74.9. The maximum absolute atomic E-state index is 12.9. The van der Waals surface area contributed by atoms with E-state index >= 15 is 0 Å². The van der Waals surface area contributed by atoms with Crippen LogP contribution in [0.15, 0.2) is 170 Å². The molecule has 10 heteroatoms. The summed E-state index contributed by atoms with van der Waals surface area (Å²) in [6.45, 7) is 4.22. The van der Waals surface area contributed by atoms with Crippen molar-refractivity contribution in [1.82, 2.24) is 0 Å². The molecule has 100 heavy (non-hydrogen) atoms. The molecule has 1 N–H and O–H groups in total. The molecule has 0 aliphatic heterocycles. The van der Waals surface area contributed by atoms with Gasteiger partial charge in [0.2, 0.25) is 0 Å². The normalized spacial score (nSPS) is 13.9. The Labute approximate surface area is 617 Å². The smallest absolute Gasteiger partial charge is 0.462 e. The van der Waals surface area contributed by atoms with Gasteiger partial charge < -0.3 is 18.9 Å². The molecule has 0 saturated heterocycles. The highest BCUT2D eigenvalue weighted by molar-refractivity contribution is 7.47. The summed E-state index contributed by atoms with van der Waals surface area (Å²) in [6, 6.07) is 0. The van der Waals surface area contributed by atoms with Crippen molar-refractivity contribution in [3.8, 4) is 0 Å². The lowest BCUT2D eigenvalue weighted by Crippen LogP contribution is -2.37. The van der Waals surface area contributed by atoms with Crippen molar-refractivity contribution < 1.29 is 42.1 Å². The van der Waals surface area contributed by atoms with Crippen LogP contribution in [0, 0.1) is 0 Å². The average Bonchev–Trinajstić information content (AvgIpc) is 1.02. The van der Waals surface area contributed by atoms with Crippen molar-refractivity contribution in [2.45, 2.75) is 341 Å². The Bertz CT molecular complexity index is 2300. The van der Waals surface area contributed by atoms with E-state index in [-0.39, 0.29) is 32.0 Å². The molecule has 2 unspecified atom stereocenters. The summed E-state index contributed by atoms with van der Waals surface area (Å²) in [5, 5.41) is 0. The molecule has 0 rings (SSSR count). The van der Waals surface area contributed by atoms with Gasteiger partial charge in [-0.2, -0.15) is 0 Å². The summed E-state index contributed by atoms with van der Waals surface area (Å²) in [7, 11) is 1.47. The number of carbonyl (C=O) groups excluding carboxylic acids is 2. The second kappa shape index (κ2) is 78.5. The van der Waals surface area contributed by atoms with Gasteiger partial charge in [-0.3, -0.25) is 18.6 Å². The zero-order valence-electron chi connectivity index (χ0n) is 65.1. The van der Waals surface area contributed by atoms with Crippen molar-refractivity contribution in [3.05, 3.63) is 170 Å². The largest absolute Gasteiger partial charge is 0.472 e. The number of rotatable bonds is 74. The Morgan fingerprint density at radius 3 is 0.800 bits per heavy atom. The second-order valence-electron chi connectivity index (χ2n) is 28.0. The quantitative estimate of drug-likeness (QED) is 0.0211. The molecule has 0 heterocycles. The molecular weight excluding hydrogens is 1250 g/mol. The zero-order chi connectivity index (χ0) is 72.5. The number of quaternary nitrogens is 1. The summed E-state index contributed by atoms with van der Waals surface area (Å²) in [5.41, 5.74) is 0. The first-order valence-electron chi connectivity index (χ1n) is 40.9. The summed E-state index contributed by atoms with van der Waals surface area (Å²) >= 11 is 0. The van der Waals surface area contributed by atoms with Gasteiger partial charge in [-0.15, -0.1) is 0 Å². The molecule has 0 aliphatic rings. The molecule has 2 atom stereocenters. The number of phosphoric ester groups is 1. The third-order valence-electron chi connectivity index (χ3n) is 17.2. The van der Waals surface area contributed by atoms with E-state index in [1.54, 1.807) is 0 Å². The number of phosphoric acid groups is 1. The minimum Gasteiger partial charge on any atom is -0.462 e. The third-order valence-corrected chi connectivity index (χ3v) is 18.2. The number of nitrogens with zero attached hydrogens (tertiary/aromatic N) is 1. The van der Waals surface area contributed by atoms with Crippen LogP contribution in [-0.2, 0) is 32.7 Å². The monoisotopic (exact) mass is 1410 g/mol. The molecule has 0 radical (unpaired) electrons. The molecule has 0 aromatic carbocycles. The molecule has 0 fully saturated rings. The minimum absolute atomic E-state index is 0.0247. The lowest BCUT2D eigenvalue weighted by atomic mass is 10.0. The third kappa shape index (κ3) is 82.3. The number of likely N-dealkylation sites (N-methyl/N-ethyl adjacent to an activating group) is 1. The standard InChI is InChI=1S/C90H152NO8P/c1-6-8-10-12-14-16-18-20-22-24-26-28-30-32-34-36-38-40-42-44-45-47-48-50-52-54-56-58-60-62-64-66-68-70-72-74-76-78-80-82-89(92)96-86-88(87-98-100(94,95)97-85-84-91(3,4)5)99-90(93)83-81-79-77-75-73-71-69-67-65-63-61-59-57-55-53-51-49-46-43-41-39-37-35-33-31-29-27-25-23-21-19-17-15-13-11-9-7-2/h8-11,14-17,20-23,26-29,32-35,39,41,46,49,53,55,59,61,88H,6-7,12-13,18-19,24-25,30-31,36-38,40,42-45,47-48,50-52,54,56-58,60,62-87H2,1-5H3/p+1/b10-8-,11-9-,16-14-,17-15-,22-20-,23-21-,28-26-,29-27-,34-32-,35-33-,41-39-,49-46-,55-53-,61-59-. The van der Waals surface area contributed by atoms with E-state index in [4.69, 9.17) is 18.5 Å². The number of allylic oxidation sites excluding steroid dienone is 28. The summed E-state index contributed by atoms with van der Waals surface area (Å²) in [5.74, 6) is -0.801. The molecule has 0 aromatic rings. The Morgan fingerprint density at radius 1 is 0.310 bits per heavy atom. The first kappa shape index (κ1) is 95.4. The maximum atomic E-state index is 12.9. The van der Waals surface area contributed by atoms with E-state index in [2.05, 4.69) is 184 Å². The van der Waals surface area contributed by atoms with Gasteiger partial charge in [0.15, 0.2) is 6.10 Å². The number of unbranched alkanes of at least 4 members (excludes halogenated alkanes) is 32. The van der Waals surface area contributed by atoms with Crippen molar-refractivity contribution in [3.63, 3.8) is 0 Å². The second-order valence-corrected chi connectivity index (χ2v) is 29.5. The number of hydrogen-bond donors (Lipinski definition) is 1. The molecule has 570 valence electrons. The van der Waals surface area contributed by atoms with E-state index in [1.807, 2.05) is 21.1 Å². The Balaban J connectivity index is 4.00. The molecule has 9 nitrogen and oxygen atoms in total. The van der Waals surface area contributed by atoms with E-state index in [0.717, 1.165) is 135 Å². The van der Waals surface area contributed by atoms with Crippen LogP contribution in [0.3, 0.4) is 0 Å². The van der Waals surface area contributed by atoms with Gasteiger partial charge in [0.1, 0.15) is 19.8 Å². The van der Waals surface area contributed by atoms with Gasteiger partial charge in [0.25, 0.3) is 0 Å². The van der Waals surface area contributed by atoms with E-state index in [9.17, 15) is 19.0 Å². The van der Waals surface area contributed by atoms with Crippen molar-refractivity contribution in [2.75, 3.05) is 47.5 Å². The number of carbonyl (C=O) groups is 2. The highest BCUT2D eigenvalue weighted by Crippen LogP contribution is 2.43. The highest BCUT2D eigenvalue weighted by Gasteiger charge is 2.27. The predicted octanol–water partition coefficient (Wildman–Crippen LogP) is 27.6. The van der Waals surface area contributed by atoms with Crippen LogP contribution in [0.5, 0.6) is 0 Å². The van der Waals surface area contributed by atoms with Gasteiger partial charge in [-0.25, -0.2) is 4.57 Å². The number of esters is 2. The lowest BCUT2D eigenvalue weighted by Gasteiger charge is -2.24. The maximum Gasteiger partial charge on any atom is 0.472 e. The van der Waals surface area contributed by atoms with Gasteiger partial charge in [0, 0.05) is 12.8 Å². The van der Waals surface area contributed by atoms with E-state index in [1.165, 1.54) is 167 Å². The SMILES string of the molecule is CC/C=C\C/C=C\C/C=C\C/C=C\C/C=C\C/C=C\C/C=C\C/C=C\C/C=C\CCCCCCCCCCCC(=O)OC(COC(=O)CCCCCCCCCCCCCCCCCCCCCCCCC/C=C\C/C=C\C/C=C\C/C=C\C/C=C\CC)COP(=O)(O)OCC[N+](C)(C)C. The Hall–Kier alpha value is -4.63. The van der Waals surface area contributed by atoms with Crippen LogP contribution in [0.1, 0.15) is 335 Å². The molecule has 0 saturated carbocycles. The molecule has 0 aromatic heterocycles. The first-order valence-corrected chi connectivity index (χ1v) is 42.4. The molecule has 0 aliphatic carbocycles. The van der Waals surface area contributed by atoms with Crippen LogP contribution < -0.4 is 0 Å². The van der Waals surface area contributed by atoms with Crippen LogP contribution >= 0.6 is 7.82 Å². The van der Waals surface area contributed by atoms with E-state index < -0.39 is 26.5 Å². The zero-order valence-corrected chi connectivity index (χ0v) is 66.0. The summed E-state index contributed by atoms with van der Waals surface area (Å²) in [6.07, 6.45) is 119. The molecular formula is C90H153NO8P+. The lowest BCUT2D eigenvalue weighted by molar-refractivity contribution is -0.870. The topological polar surface area (TPSA) is 108 Å². The predicted molar refractivity (Wildman–Crippen MR) is 436 cm³/mol. The number of ether oxygens (including phenoxy) is 2. The van der Waals surface area contributed by atoms with Crippen molar-refractivity contribution in [2.24, 2.45) is 0 Å². The van der Waals surface area contributed by atoms with Gasteiger partial charge >= 0.3 is 19.8 Å². The van der Waals surface area contributed by atoms with Crippen LogP contribution in [0.25, 0.3) is 0 Å². The van der Waals surface area contributed by atoms with E-state index in [0.29, 0.717) is 17.4 Å². The number of hydrogen-bond acceptors (Lipinski definition) is 7. The van der Waals surface area contributed by atoms with Gasteiger partial charge in [-0.1, -0.05) is 364 Å². The summed E-state index contributed by atoms with van der Waals surface area (Å²) < 4.78 is 34.8. The van der Waals surface area contributed by atoms with Crippen LogP contribution in [0.4, 0.5) is 0 Å². The minimum atomic E-state index is -4.41. The molecule has 0 amide bonds. The van der Waals surface area contributed by atoms with Gasteiger partial charge in [-0.05, 0) is 128 Å². The molecule has 0 spiro atoms. The fourth-order valence-electron chi connectivity index (χ4n) is 11.1. The average molecular weight is 1410 g/mol. The fraction of sp³-hybridized carbons (Fsp3) is 0.667. The van der Waals surface area contributed by atoms with Crippen molar-refractivity contribution >= 4 is 19.8 Å². The molecule has 0 bridgehead atoms.